The molecule has 0 saturated carbocycles. The van der Waals surface area contributed by atoms with Crippen LogP contribution in [-0.2, 0) is 11.0 Å². The van der Waals surface area contributed by atoms with Gasteiger partial charge in [0.2, 0.25) is 0 Å². The summed E-state index contributed by atoms with van der Waals surface area (Å²) < 4.78 is 6.12. The fraction of sp³-hybridized carbons (Fsp3) is 0.500. The van der Waals surface area contributed by atoms with Gasteiger partial charge in [-0.25, -0.2) is 0 Å². The molecule has 0 amide bonds. The number of hydrogen-bond donors (Lipinski definition) is 0. The van der Waals surface area contributed by atoms with Crippen LogP contribution in [0.25, 0.3) is 0 Å². The standard InChI is InChI=1S/C12H18OSi/c1-14(9-5-6-10-14)13-11-12-7-3-2-4-8-12/h2-4,7-8H,5-6,9-11H2,1H3. The van der Waals surface area contributed by atoms with E-state index in [-0.39, 0.29) is 0 Å². The summed E-state index contributed by atoms with van der Waals surface area (Å²) >= 11 is 0. The van der Waals surface area contributed by atoms with Gasteiger partial charge in [0, 0.05) is 0 Å². The van der Waals surface area contributed by atoms with Gasteiger partial charge in [0.25, 0.3) is 0 Å². The molecule has 0 aromatic heterocycles. The molecule has 1 fully saturated rings. The topological polar surface area (TPSA) is 9.23 Å². The monoisotopic (exact) mass is 206 g/mol. The molecule has 2 heteroatoms. The Morgan fingerprint density at radius 3 is 2.43 bits per heavy atom. The van der Waals surface area contributed by atoms with Crippen molar-refractivity contribution in [2.24, 2.45) is 0 Å². The van der Waals surface area contributed by atoms with Gasteiger partial charge in [-0.2, -0.15) is 0 Å². The van der Waals surface area contributed by atoms with Crippen LogP contribution < -0.4 is 0 Å². The third-order valence-electron chi connectivity index (χ3n) is 3.09. The first kappa shape index (κ1) is 9.93. The van der Waals surface area contributed by atoms with Crippen molar-refractivity contribution in [3.63, 3.8) is 0 Å². The van der Waals surface area contributed by atoms with Crippen LogP contribution in [0.2, 0.25) is 18.6 Å². The quantitative estimate of drug-likeness (QED) is 0.687. The van der Waals surface area contributed by atoms with Gasteiger partial charge >= 0.3 is 0 Å². The summed E-state index contributed by atoms with van der Waals surface area (Å²) in [6.45, 7) is 3.20. The molecule has 0 radical (unpaired) electrons. The Kier molecular flexibility index (Phi) is 3.04. The SMILES string of the molecule is C[Si]1(OCc2ccccc2)CCCC1. The maximum Gasteiger partial charge on any atom is 0.190 e. The summed E-state index contributed by atoms with van der Waals surface area (Å²) in [5.74, 6) is 0. The molecule has 0 unspecified atom stereocenters. The van der Waals surface area contributed by atoms with Crippen LogP contribution in [0.1, 0.15) is 18.4 Å². The highest BCUT2D eigenvalue weighted by Crippen LogP contribution is 2.31. The van der Waals surface area contributed by atoms with Crippen LogP contribution in [0.15, 0.2) is 30.3 Å². The van der Waals surface area contributed by atoms with Gasteiger partial charge in [-0.3, -0.25) is 0 Å². The second-order valence-corrected chi connectivity index (χ2v) is 8.62. The predicted molar refractivity (Wildman–Crippen MR) is 61.7 cm³/mol. The smallest absolute Gasteiger partial charge is 0.190 e. The maximum atomic E-state index is 6.12. The lowest BCUT2D eigenvalue weighted by Crippen LogP contribution is -2.29. The van der Waals surface area contributed by atoms with Crippen molar-refractivity contribution in [3.8, 4) is 0 Å². The van der Waals surface area contributed by atoms with E-state index in [0.29, 0.717) is 0 Å². The summed E-state index contributed by atoms with van der Waals surface area (Å²) in [5.41, 5.74) is 1.31. The second-order valence-electron chi connectivity index (χ2n) is 4.43. The molecule has 1 aliphatic heterocycles. The molecule has 0 N–H and O–H groups in total. The number of hydrogen-bond acceptors (Lipinski definition) is 1. The summed E-state index contributed by atoms with van der Waals surface area (Å²) in [6.07, 6.45) is 2.77. The van der Waals surface area contributed by atoms with Crippen LogP contribution in [0, 0.1) is 0 Å². The number of rotatable bonds is 3. The van der Waals surface area contributed by atoms with Crippen molar-refractivity contribution < 1.29 is 4.43 Å². The molecule has 1 saturated heterocycles. The molecule has 76 valence electrons. The zero-order valence-corrected chi connectivity index (χ0v) is 9.83. The van der Waals surface area contributed by atoms with Crippen molar-refractivity contribution >= 4 is 8.32 Å². The molecule has 1 aliphatic rings. The molecule has 2 rings (SSSR count). The average molecular weight is 206 g/mol. The van der Waals surface area contributed by atoms with Crippen LogP contribution in [0.4, 0.5) is 0 Å². The zero-order chi connectivity index (χ0) is 9.86. The van der Waals surface area contributed by atoms with Crippen molar-refractivity contribution in [2.45, 2.75) is 38.1 Å². The lowest BCUT2D eigenvalue weighted by molar-refractivity contribution is 0.294. The minimum Gasteiger partial charge on any atom is -0.413 e. The minimum absolute atomic E-state index is 0.823. The maximum absolute atomic E-state index is 6.12. The van der Waals surface area contributed by atoms with Gasteiger partial charge < -0.3 is 4.43 Å². The van der Waals surface area contributed by atoms with Crippen molar-refractivity contribution in [1.29, 1.82) is 0 Å². The highest BCUT2D eigenvalue weighted by atomic mass is 28.4. The van der Waals surface area contributed by atoms with E-state index >= 15 is 0 Å². The van der Waals surface area contributed by atoms with Crippen molar-refractivity contribution in [1.82, 2.24) is 0 Å². The zero-order valence-electron chi connectivity index (χ0n) is 8.83. The molecule has 0 bridgehead atoms. The van der Waals surface area contributed by atoms with Crippen LogP contribution in [0.3, 0.4) is 0 Å². The van der Waals surface area contributed by atoms with E-state index in [1.165, 1.54) is 30.5 Å². The van der Waals surface area contributed by atoms with E-state index in [0.717, 1.165) is 6.61 Å². The summed E-state index contributed by atoms with van der Waals surface area (Å²) in [5, 5.41) is 0. The van der Waals surface area contributed by atoms with Crippen molar-refractivity contribution in [2.75, 3.05) is 0 Å². The van der Waals surface area contributed by atoms with E-state index in [2.05, 4.69) is 36.9 Å². The van der Waals surface area contributed by atoms with Gasteiger partial charge in [0.1, 0.15) is 0 Å². The van der Waals surface area contributed by atoms with Crippen LogP contribution >= 0.6 is 0 Å². The molecule has 0 spiro atoms. The van der Waals surface area contributed by atoms with Crippen LogP contribution in [0.5, 0.6) is 0 Å². The van der Waals surface area contributed by atoms with Crippen molar-refractivity contribution in [3.05, 3.63) is 35.9 Å². The molecule has 14 heavy (non-hydrogen) atoms. The number of benzene rings is 1. The summed E-state index contributed by atoms with van der Waals surface area (Å²) in [6, 6.07) is 13.2. The van der Waals surface area contributed by atoms with Gasteiger partial charge in [-0.1, -0.05) is 43.2 Å². The Bertz CT molecular complexity index is 278. The lowest BCUT2D eigenvalue weighted by Gasteiger charge is -2.21. The minimum atomic E-state index is -1.27. The molecule has 1 aromatic carbocycles. The Balaban J connectivity index is 1.88. The fourth-order valence-corrected chi connectivity index (χ4v) is 5.15. The first-order chi connectivity index (χ1) is 6.79. The first-order valence-electron chi connectivity index (χ1n) is 5.46. The first-order valence-corrected chi connectivity index (χ1v) is 8.29. The molecule has 1 nitrogen and oxygen atoms in total. The van der Waals surface area contributed by atoms with Gasteiger partial charge in [-0.15, -0.1) is 0 Å². The highest BCUT2D eigenvalue weighted by molar-refractivity contribution is 6.73. The molecule has 1 aromatic rings. The Morgan fingerprint density at radius 1 is 1.14 bits per heavy atom. The molecule has 0 aliphatic carbocycles. The average Bonchev–Trinajstić information content (AvgIpc) is 2.65. The molecule has 0 atom stereocenters. The lowest BCUT2D eigenvalue weighted by atomic mass is 10.2. The largest absolute Gasteiger partial charge is 0.413 e. The van der Waals surface area contributed by atoms with E-state index in [4.69, 9.17) is 4.43 Å². The predicted octanol–water partition coefficient (Wildman–Crippen LogP) is 3.57. The molecular weight excluding hydrogens is 188 g/mol. The van der Waals surface area contributed by atoms with E-state index in [1.807, 2.05) is 0 Å². The van der Waals surface area contributed by atoms with Gasteiger partial charge in [-0.05, 0) is 24.2 Å². The van der Waals surface area contributed by atoms with Gasteiger partial charge in [0.05, 0.1) is 6.61 Å². The Labute approximate surface area is 87.2 Å². The summed E-state index contributed by atoms with van der Waals surface area (Å²) in [7, 11) is -1.27. The van der Waals surface area contributed by atoms with E-state index in [1.54, 1.807) is 0 Å². The third-order valence-corrected chi connectivity index (χ3v) is 6.76. The molecular formula is C12H18OSi. The van der Waals surface area contributed by atoms with Gasteiger partial charge in [0.15, 0.2) is 8.32 Å². The summed E-state index contributed by atoms with van der Waals surface area (Å²) in [4.78, 5) is 0. The Morgan fingerprint density at radius 2 is 1.79 bits per heavy atom. The highest BCUT2D eigenvalue weighted by Gasteiger charge is 2.32. The third kappa shape index (κ3) is 2.46. The molecule has 1 heterocycles. The van der Waals surface area contributed by atoms with E-state index < -0.39 is 8.32 Å². The Hall–Kier alpha value is -0.603. The second kappa shape index (κ2) is 4.28. The fourth-order valence-electron chi connectivity index (χ4n) is 2.10. The van der Waals surface area contributed by atoms with E-state index in [9.17, 15) is 0 Å². The normalized spacial score (nSPS) is 19.8. The van der Waals surface area contributed by atoms with Crippen LogP contribution in [-0.4, -0.2) is 8.32 Å².